The van der Waals surface area contributed by atoms with Crippen molar-refractivity contribution in [2.75, 3.05) is 6.54 Å². The van der Waals surface area contributed by atoms with Gasteiger partial charge in [-0.2, -0.15) is 0 Å². The minimum atomic E-state index is 0.157. The summed E-state index contributed by atoms with van der Waals surface area (Å²) < 4.78 is 0. The second-order valence-corrected chi connectivity index (χ2v) is 7.35. The van der Waals surface area contributed by atoms with Gasteiger partial charge >= 0.3 is 0 Å². The average molecular weight is 288 g/mol. The lowest BCUT2D eigenvalue weighted by molar-refractivity contribution is 0.585. The predicted octanol–water partition coefficient (Wildman–Crippen LogP) is 4.08. The molecule has 0 bridgehead atoms. The molecule has 3 heteroatoms. The van der Waals surface area contributed by atoms with Gasteiger partial charge in [-0.3, -0.25) is 0 Å². The summed E-state index contributed by atoms with van der Waals surface area (Å²) in [5.74, 6) is 0. The number of nitrogens with one attached hydrogen (secondary N) is 1. The zero-order valence-electron chi connectivity index (χ0n) is 12.9. The highest BCUT2D eigenvalue weighted by Crippen LogP contribution is 2.26. The Balaban J connectivity index is 1.79. The predicted molar refractivity (Wildman–Crippen MR) is 87.4 cm³/mol. The standard InChI is InChI=1S/C17H24N2S/c1-13-7-5-6-8-14(13)9-10-18-11-15-12-19-16(20-15)17(2,3)4/h5-8,12,18H,9-11H2,1-4H3. The van der Waals surface area contributed by atoms with Crippen LogP contribution < -0.4 is 5.32 Å². The third kappa shape index (κ3) is 4.15. The van der Waals surface area contributed by atoms with Crippen LogP contribution in [0.25, 0.3) is 0 Å². The third-order valence-electron chi connectivity index (χ3n) is 3.33. The zero-order chi connectivity index (χ0) is 14.6. The molecule has 2 aromatic rings. The number of aromatic nitrogens is 1. The summed E-state index contributed by atoms with van der Waals surface area (Å²) in [7, 11) is 0. The van der Waals surface area contributed by atoms with E-state index in [9.17, 15) is 0 Å². The van der Waals surface area contributed by atoms with Gasteiger partial charge in [0.25, 0.3) is 0 Å². The molecule has 0 unspecified atom stereocenters. The lowest BCUT2D eigenvalue weighted by Gasteiger charge is -2.13. The quantitative estimate of drug-likeness (QED) is 0.839. The molecule has 1 N–H and O–H groups in total. The second-order valence-electron chi connectivity index (χ2n) is 6.23. The molecule has 108 valence electrons. The van der Waals surface area contributed by atoms with Gasteiger partial charge in [-0.25, -0.2) is 4.98 Å². The summed E-state index contributed by atoms with van der Waals surface area (Å²) in [6.45, 7) is 10.7. The topological polar surface area (TPSA) is 24.9 Å². The van der Waals surface area contributed by atoms with E-state index in [1.54, 1.807) is 0 Å². The highest BCUT2D eigenvalue weighted by atomic mass is 32.1. The molecule has 0 aliphatic carbocycles. The molecule has 0 aliphatic rings. The minimum absolute atomic E-state index is 0.157. The van der Waals surface area contributed by atoms with Crippen molar-refractivity contribution in [1.29, 1.82) is 0 Å². The van der Waals surface area contributed by atoms with Gasteiger partial charge in [-0.15, -0.1) is 11.3 Å². The van der Waals surface area contributed by atoms with Crippen LogP contribution in [0.3, 0.4) is 0 Å². The number of benzene rings is 1. The SMILES string of the molecule is Cc1ccccc1CCNCc1cnc(C(C)(C)C)s1. The molecule has 0 fully saturated rings. The van der Waals surface area contributed by atoms with Gasteiger partial charge in [0.1, 0.15) is 0 Å². The van der Waals surface area contributed by atoms with Crippen molar-refractivity contribution in [3.05, 3.63) is 51.5 Å². The lowest BCUT2D eigenvalue weighted by Crippen LogP contribution is -2.16. The fraction of sp³-hybridized carbons (Fsp3) is 0.471. The first-order valence-corrected chi connectivity index (χ1v) is 7.99. The highest BCUT2D eigenvalue weighted by molar-refractivity contribution is 7.11. The Morgan fingerprint density at radius 2 is 1.95 bits per heavy atom. The molecule has 0 atom stereocenters. The van der Waals surface area contributed by atoms with E-state index in [0.717, 1.165) is 19.5 Å². The molecule has 0 aliphatic heterocycles. The molecular formula is C17H24N2S. The molecule has 0 amide bonds. The average Bonchev–Trinajstić information content (AvgIpc) is 2.85. The van der Waals surface area contributed by atoms with E-state index >= 15 is 0 Å². The van der Waals surface area contributed by atoms with Gasteiger partial charge < -0.3 is 5.32 Å². The molecule has 0 radical (unpaired) electrons. The van der Waals surface area contributed by atoms with Crippen LogP contribution in [0.5, 0.6) is 0 Å². The molecule has 20 heavy (non-hydrogen) atoms. The summed E-state index contributed by atoms with van der Waals surface area (Å²) in [6.07, 6.45) is 3.09. The second kappa shape index (κ2) is 6.51. The maximum Gasteiger partial charge on any atom is 0.0981 e. The molecule has 1 aromatic carbocycles. The van der Waals surface area contributed by atoms with E-state index in [1.165, 1.54) is 21.0 Å². The minimum Gasteiger partial charge on any atom is -0.311 e. The van der Waals surface area contributed by atoms with Crippen molar-refractivity contribution >= 4 is 11.3 Å². The Morgan fingerprint density at radius 3 is 2.60 bits per heavy atom. The van der Waals surface area contributed by atoms with Crippen molar-refractivity contribution in [3.63, 3.8) is 0 Å². The Kier molecular flexibility index (Phi) is 4.95. The normalized spacial score (nSPS) is 11.8. The van der Waals surface area contributed by atoms with Crippen molar-refractivity contribution in [3.8, 4) is 0 Å². The lowest BCUT2D eigenvalue weighted by atomic mass is 9.98. The van der Waals surface area contributed by atoms with Crippen LogP contribution in [0, 0.1) is 6.92 Å². The number of nitrogens with zero attached hydrogens (tertiary/aromatic N) is 1. The Bertz CT molecular complexity index is 552. The van der Waals surface area contributed by atoms with Crippen LogP contribution in [0.1, 0.15) is 41.8 Å². The summed E-state index contributed by atoms with van der Waals surface area (Å²) >= 11 is 1.82. The van der Waals surface area contributed by atoms with Crippen molar-refractivity contribution in [2.24, 2.45) is 0 Å². The molecule has 0 saturated carbocycles. The summed E-state index contributed by atoms with van der Waals surface area (Å²) in [4.78, 5) is 5.84. The van der Waals surface area contributed by atoms with Gasteiger partial charge in [0.2, 0.25) is 0 Å². The van der Waals surface area contributed by atoms with Gasteiger partial charge in [0.05, 0.1) is 5.01 Å². The van der Waals surface area contributed by atoms with Crippen LogP contribution in [0.15, 0.2) is 30.5 Å². The molecule has 1 heterocycles. The molecule has 0 spiro atoms. The monoisotopic (exact) mass is 288 g/mol. The number of rotatable bonds is 5. The Labute approximate surface area is 126 Å². The van der Waals surface area contributed by atoms with Gasteiger partial charge in [0.15, 0.2) is 0 Å². The number of hydrogen-bond acceptors (Lipinski definition) is 3. The van der Waals surface area contributed by atoms with E-state index in [-0.39, 0.29) is 5.41 Å². The Morgan fingerprint density at radius 1 is 1.20 bits per heavy atom. The summed E-state index contributed by atoms with van der Waals surface area (Å²) in [5, 5.41) is 4.73. The van der Waals surface area contributed by atoms with Gasteiger partial charge in [-0.1, -0.05) is 45.0 Å². The molecular weight excluding hydrogens is 264 g/mol. The first-order chi connectivity index (χ1) is 9.47. The summed E-state index contributed by atoms with van der Waals surface area (Å²) in [6, 6.07) is 8.59. The van der Waals surface area contributed by atoms with Crippen LogP contribution in [0.2, 0.25) is 0 Å². The first kappa shape index (κ1) is 15.2. The fourth-order valence-corrected chi connectivity index (χ4v) is 3.00. The van der Waals surface area contributed by atoms with Crippen LogP contribution in [-0.2, 0) is 18.4 Å². The smallest absolute Gasteiger partial charge is 0.0981 e. The van der Waals surface area contributed by atoms with Crippen LogP contribution in [-0.4, -0.2) is 11.5 Å². The van der Waals surface area contributed by atoms with Crippen LogP contribution >= 0.6 is 11.3 Å². The van der Waals surface area contributed by atoms with Gasteiger partial charge in [0, 0.05) is 23.0 Å². The third-order valence-corrected chi connectivity index (χ3v) is 4.75. The van der Waals surface area contributed by atoms with Crippen molar-refractivity contribution in [1.82, 2.24) is 10.3 Å². The molecule has 1 aromatic heterocycles. The molecule has 0 saturated heterocycles. The van der Waals surface area contributed by atoms with Crippen molar-refractivity contribution in [2.45, 2.75) is 46.1 Å². The van der Waals surface area contributed by atoms with E-state index in [4.69, 9.17) is 0 Å². The summed E-state index contributed by atoms with van der Waals surface area (Å²) in [5.41, 5.74) is 2.96. The number of thiazole rings is 1. The van der Waals surface area contributed by atoms with E-state index in [2.05, 4.69) is 62.3 Å². The molecule has 2 nitrogen and oxygen atoms in total. The molecule has 2 rings (SSSR count). The maximum atomic E-state index is 4.52. The highest BCUT2D eigenvalue weighted by Gasteiger charge is 2.17. The van der Waals surface area contributed by atoms with Gasteiger partial charge in [-0.05, 0) is 31.0 Å². The van der Waals surface area contributed by atoms with Crippen LogP contribution in [0.4, 0.5) is 0 Å². The van der Waals surface area contributed by atoms with E-state index in [0.29, 0.717) is 0 Å². The largest absolute Gasteiger partial charge is 0.311 e. The maximum absolute atomic E-state index is 4.52. The van der Waals surface area contributed by atoms with E-state index in [1.807, 2.05) is 17.5 Å². The Hall–Kier alpha value is -1.19. The number of aryl methyl sites for hydroxylation is 1. The number of hydrogen-bond donors (Lipinski definition) is 1. The van der Waals surface area contributed by atoms with E-state index < -0.39 is 0 Å². The van der Waals surface area contributed by atoms with Crippen molar-refractivity contribution < 1.29 is 0 Å². The zero-order valence-corrected chi connectivity index (χ0v) is 13.7. The fourth-order valence-electron chi connectivity index (χ4n) is 2.06. The first-order valence-electron chi connectivity index (χ1n) is 7.17.